The van der Waals surface area contributed by atoms with Crippen LogP contribution in [-0.2, 0) is 9.84 Å². The Morgan fingerprint density at radius 2 is 1.65 bits per heavy atom. The van der Waals surface area contributed by atoms with Crippen molar-refractivity contribution in [3.05, 3.63) is 69.5 Å². The molecule has 0 spiro atoms. The molecule has 0 atom stereocenters. The number of hydrogen-bond acceptors (Lipinski definition) is 3. The number of allylic oxidation sites excluding steroid dienone is 1. The number of benzene rings is 2. The van der Waals surface area contributed by atoms with E-state index in [4.69, 9.17) is 5.26 Å². The van der Waals surface area contributed by atoms with Crippen LogP contribution in [0.5, 0.6) is 0 Å². The van der Waals surface area contributed by atoms with E-state index < -0.39 is 9.84 Å². The summed E-state index contributed by atoms with van der Waals surface area (Å²) in [5, 5.41) is 9.13. The van der Waals surface area contributed by atoms with Crippen molar-refractivity contribution >= 4 is 31.8 Å². The van der Waals surface area contributed by atoms with Gasteiger partial charge in [0.2, 0.25) is 9.84 Å². The molecule has 2 rings (SSSR count). The molecule has 3 nitrogen and oxygen atoms in total. The summed E-state index contributed by atoms with van der Waals surface area (Å²) in [6.07, 6.45) is 1.37. The monoisotopic (exact) mass is 347 g/mol. The van der Waals surface area contributed by atoms with Gasteiger partial charge in [0.25, 0.3) is 0 Å². The number of halogens is 1. The van der Waals surface area contributed by atoms with Crippen LogP contribution in [0.15, 0.2) is 68.9 Å². The summed E-state index contributed by atoms with van der Waals surface area (Å²) in [6.45, 7) is 0. The van der Waals surface area contributed by atoms with Gasteiger partial charge in [0.05, 0.1) is 4.90 Å². The van der Waals surface area contributed by atoms with Crippen molar-refractivity contribution in [2.75, 3.05) is 0 Å². The summed E-state index contributed by atoms with van der Waals surface area (Å²) in [4.78, 5) is -0.171. The average Bonchev–Trinajstić information content (AvgIpc) is 2.46. The van der Waals surface area contributed by atoms with Crippen molar-refractivity contribution in [2.45, 2.75) is 4.90 Å². The van der Waals surface area contributed by atoms with E-state index in [1.54, 1.807) is 42.5 Å². The molecule has 20 heavy (non-hydrogen) atoms. The zero-order chi connectivity index (χ0) is 14.6. The second-order valence-electron chi connectivity index (χ2n) is 3.99. The number of rotatable bonds is 3. The summed E-state index contributed by atoms with van der Waals surface area (Å²) in [5.41, 5.74) is 0.671. The molecular formula is C15H10BrNO2S. The first-order valence-electron chi connectivity index (χ1n) is 5.71. The molecule has 0 radical (unpaired) electrons. The van der Waals surface area contributed by atoms with Gasteiger partial charge in [-0.3, -0.25) is 0 Å². The molecule has 0 fully saturated rings. The first-order chi connectivity index (χ1) is 9.54. The van der Waals surface area contributed by atoms with Crippen LogP contribution in [0.1, 0.15) is 5.56 Å². The Hall–Kier alpha value is -1.90. The fourth-order valence-corrected chi connectivity index (χ4v) is 3.04. The number of nitriles is 1. The lowest BCUT2D eigenvalue weighted by atomic mass is 10.2. The zero-order valence-corrected chi connectivity index (χ0v) is 12.7. The predicted octanol–water partition coefficient (Wildman–Crippen LogP) is 3.79. The second kappa shape index (κ2) is 6.04. The topological polar surface area (TPSA) is 57.9 Å². The molecule has 0 heterocycles. The molecule has 2 aromatic rings. The minimum Gasteiger partial charge on any atom is -0.218 e. The first kappa shape index (κ1) is 14.5. The van der Waals surface area contributed by atoms with Crippen molar-refractivity contribution < 1.29 is 8.42 Å². The van der Waals surface area contributed by atoms with Crippen LogP contribution in [0.3, 0.4) is 0 Å². The molecule has 0 saturated carbocycles. The maximum absolute atomic E-state index is 12.4. The molecule has 0 aliphatic rings. The number of sulfone groups is 1. The highest BCUT2D eigenvalue weighted by Gasteiger charge is 2.20. The van der Waals surface area contributed by atoms with Crippen LogP contribution >= 0.6 is 15.9 Å². The molecule has 0 saturated heterocycles. The molecule has 0 aliphatic carbocycles. The highest BCUT2D eigenvalue weighted by Crippen LogP contribution is 2.22. The third-order valence-corrected chi connectivity index (χ3v) is 4.83. The lowest BCUT2D eigenvalue weighted by molar-refractivity contribution is 0.603. The normalized spacial score (nSPS) is 11.9. The molecular weight excluding hydrogens is 338 g/mol. The third-order valence-electron chi connectivity index (χ3n) is 2.62. The van der Waals surface area contributed by atoms with Gasteiger partial charge in [-0.15, -0.1) is 0 Å². The quantitative estimate of drug-likeness (QED) is 0.793. The van der Waals surface area contributed by atoms with Gasteiger partial charge in [0.15, 0.2) is 0 Å². The second-order valence-corrected chi connectivity index (χ2v) is 6.82. The van der Waals surface area contributed by atoms with Crippen LogP contribution in [-0.4, -0.2) is 8.42 Å². The van der Waals surface area contributed by atoms with Gasteiger partial charge >= 0.3 is 0 Å². The first-order valence-corrected chi connectivity index (χ1v) is 7.99. The Kier molecular flexibility index (Phi) is 4.38. The molecule has 0 aromatic heterocycles. The van der Waals surface area contributed by atoms with Crippen LogP contribution in [0.2, 0.25) is 0 Å². The lowest BCUT2D eigenvalue weighted by Gasteiger charge is -2.03. The van der Waals surface area contributed by atoms with Crippen molar-refractivity contribution in [3.8, 4) is 6.07 Å². The molecule has 2 aromatic carbocycles. The minimum absolute atomic E-state index is 0.101. The van der Waals surface area contributed by atoms with E-state index in [2.05, 4.69) is 15.9 Å². The van der Waals surface area contributed by atoms with Gasteiger partial charge in [-0.2, -0.15) is 5.26 Å². The summed E-state index contributed by atoms with van der Waals surface area (Å²) < 4.78 is 25.5. The summed E-state index contributed by atoms with van der Waals surface area (Å²) in [5.74, 6) is 0. The Balaban J connectivity index is 2.49. The summed E-state index contributed by atoms with van der Waals surface area (Å²) in [6, 6.07) is 16.8. The lowest BCUT2D eigenvalue weighted by Crippen LogP contribution is -2.03. The van der Waals surface area contributed by atoms with Crippen molar-refractivity contribution in [2.24, 2.45) is 0 Å². The van der Waals surface area contributed by atoms with Gasteiger partial charge in [-0.1, -0.05) is 46.3 Å². The highest BCUT2D eigenvalue weighted by molar-refractivity contribution is 9.10. The molecule has 0 amide bonds. The summed E-state index contributed by atoms with van der Waals surface area (Å²) >= 11 is 3.25. The predicted molar refractivity (Wildman–Crippen MR) is 81.4 cm³/mol. The Labute approximate surface area is 126 Å². The molecule has 0 bridgehead atoms. The van der Waals surface area contributed by atoms with Gasteiger partial charge in [-0.25, -0.2) is 8.42 Å². The van der Waals surface area contributed by atoms with Gasteiger partial charge < -0.3 is 0 Å². The number of nitrogens with zero attached hydrogens (tertiary/aromatic N) is 1. The van der Waals surface area contributed by atoms with E-state index in [0.29, 0.717) is 5.56 Å². The molecule has 0 N–H and O–H groups in total. The Morgan fingerprint density at radius 3 is 2.20 bits per heavy atom. The van der Waals surface area contributed by atoms with Crippen LogP contribution in [0, 0.1) is 11.3 Å². The highest BCUT2D eigenvalue weighted by atomic mass is 79.9. The third kappa shape index (κ3) is 3.16. The molecule has 100 valence electrons. The molecule has 0 unspecified atom stereocenters. The standard InChI is InChI=1S/C15H10BrNO2S/c16-13-6-8-14(9-7-13)20(18,19)15(11-17)10-12-4-2-1-3-5-12/h1-10H/b15-10+. The minimum atomic E-state index is -3.79. The van der Waals surface area contributed by atoms with E-state index in [1.165, 1.54) is 18.2 Å². The average molecular weight is 348 g/mol. The van der Waals surface area contributed by atoms with Gasteiger partial charge in [0, 0.05) is 4.47 Å². The van der Waals surface area contributed by atoms with Crippen molar-refractivity contribution in [1.82, 2.24) is 0 Å². The molecule has 0 aliphatic heterocycles. The van der Waals surface area contributed by atoms with E-state index in [0.717, 1.165) is 4.47 Å². The van der Waals surface area contributed by atoms with Crippen molar-refractivity contribution in [1.29, 1.82) is 5.26 Å². The van der Waals surface area contributed by atoms with Crippen molar-refractivity contribution in [3.63, 3.8) is 0 Å². The fourth-order valence-electron chi connectivity index (χ4n) is 1.61. The maximum Gasteiger partial charge on any atom is 0.216 e. The van der Waals surface area contributed by atoms with E-state index >= 15 is 0 Å². The zero-order valence-electron chi connectivity index (χ0n) is 10.3. The Morgan fingerprint density at radius 1 is 1.05 bits per heavy atom. The van der Waals surface area contributed by atoms with E-state index in [9.17, 15) is 8.42 Å². The van der Waals surface area contributed by atoms with Crippen LogP contribution in [0.4, 0.5) is 0 Å². The summed E-state index contributed by atoms with van der Waals surface area (Å²) in [7, 11) is -3.79. The van der Waals surface area contributed by atoms with E-state index in [1.807, 2.05) is 6.07 Å². The van der Waals surface area contributed by atoms with Gasteiger partial charge in [-0.05, 0) is 35.9 Å². The van der Waals surface area contributed by atoms with Gasteiger partial charge in [0.1, 0.15) is 11.0 Å². The SMILES string of the molecule is N#C/C(=C\c1ccccc1)S(=O)(=O)c1ccc(Br)cc1. The Bertz CT molecular complexity index is 773. The largest absolute Gasteiger partial charge is 0.218 e. The number of hydrogen-bond donors (Lipinski definition) is 0. The molecule has 5 heteroatoms. The van der Waals surface area contributed by atoms with Crippen LogP contribution in [0.25, 0.3) is 6.08 Å². The fraction of sp³-hybridized carbons (Fsp3) is 0. The van der Waals surface area contributed by atoms with E-state index in [-0.39, 0.29) is 9.80 Å². The maximum atomic E-state index is 12.4. The smallest absolute Gasteiger partial charge is 0.216 e. The van der Waals surface area contributed by atoms with Crippen LogP contribution < -0.4 is 0 Å².